The van der Waals surface area contributed by atoms with Crippen molar-refractivity contribution in [1.29, 1.82) is 0 Å². The molecule has 0 radical (unpaired) electrons. The maximum absolute atomic E-state index is 8.74. The van der Waals surface area contributed by atoms with Gasteiger partial charge in [-0.2, -0.15) is 8.42 Å². The molecular weight excluding hydrogens is 280 g/mol. The highest BCUT2D eigenvalue weighted by Crippen LogP contribution is 1.91. The maximum atomic E-state index is 8.74. The van der Waals surface area contributed by atoms with Gasteiger partial charge in [-0.1, -0.05) is 13.8 Å². The van der Waals surface area contributed by atoms with Crippen molar-refractivity contribution in [1.82, 2.24) is 0 Å². The van der Waals surface area contributed by atoms with Gasteiger partial charge >= 0.3 is 10.4 Å². The zero-order valence-electron chi connectivity index (χ0n) is 11.3. The summed E-state index contributed by atoms with van der Waals surface area (Å²) >= 11 is 0. The third kappa shape index (κ3) is 38.1. The van der Waals surface area contributed by atoms with Crippen molar-refractivity contribution in [3.8, 4) is 0 Å². The summed E-state index contributed by atoms with van der Waals surface area (Å²) < 4.78 is 47.1. The molecule has 9 heteroatoms. The van der Waals surface area contributed by atoms with Gasteiger partial charge in [0.2, 0.25) is 0 Å². The van der Waals surface area contributed by atoms with Crippen LogP contribution in [0.3, 0.4) is 0 Å². The average Bonchev–Trinajstić information content (AvgIpc) is 2.24. The molecule has 0 aromatic rings. The van der Waals surface area contributed by atoms with E-state index in [9.17, 15) is 0 Å². The SMILES string of the molecule is CC(C)COCCOCCOCCO.O=S(=O)(O)O. The Balaban J connectivity index is 0. The molecule has 0 rings (SSSR count). The molecule has 118 valence electrons. The van der Waals surface area contributed by atoms with Crippen molar-refractivity contribution in [3.05, 3.63) is 0 Å². The van der Waals surface area contributed by atoms with Crippen LogP contribution < -0.4 is 0 Å². The van der Waals surface area contributed by atoms with Crippen LogP contribution in [0.5, 0.6) is 0 Å². The van der Waals surface area contributed by atoms with E-state index in [-0.39, 0.29) is 6.61 Å². The lowest BCUT2D eigenvalue weighted by molar-refractivity contribution is 0.00371. The van der Waals surface area contributed by atoms with Crippen LogP contribution in [0.4, 0.5) is 0 Å². The summed E-state index contributed by atoms with van der Waals surface area (Å²) in [7, 11) is -4.67. The first-order chi connectivity index (χ1) is 8.77. The Morgan fingerprint density at radius 1 is 0.895 bits per heavy atom. The van der Waals surface area contributed by atoms with Crippen LogP contribution in [0, 0.1) is 5.92 Å². The first kappa shape index (κ1) is 21.0. The van der Waals surface area contributed by atoms with Gasteiger partial charge in [0.05, 0.1) is 39.6 Å². The highest BCUT2D eigenvalue weighted by Gasteiger charge is 1.93. The topological polar surface area (TPSA) is 123 Å². The smallest absolute Gasteiger partial charge is 0.394 e. The van der Waals surface area contributed by atoms with Crippen LogP contribution in [0.15, 0.2) is 0 Å². The van der Waals surface area contributed by atoms with Crippen molar-refractivity contribution in [2.45, 2.75) is 13.8 Å². The number of ether oxygens (including phenoxy) is 3. The molecule has 0 aliphatic heterocycles. The second-order valence-electron chi connectivity index (χ2n) is 3.86. The van der Waals surface area contributed by atoms with Crippen LogP contribution in [0.2, 0.25) is 0 Å². The van der Waals surface area contributed by atoms with Crippen molar-refractivity contribution in [2.24, 2.45) is 5.92 Å². The zero-order chi connectivity index (χ0) is 15.1. The minimum Gasteiger partial charge on any atom is -0.394 e. The molecule has 0 amide bonds. The predicted molar refractivity (Wildman–Crippen MR) is 68.6 cm³/mol. The molecule has 0 unspecified atom stereocenters. The molecule has 19 heavy (non-hydrogen) atoms. The maximum Gasteiger partial charge on any atom is 0.394 e. The molecular formula is C10H24O8S. The number of rotatable bonds is 10. The fourth-order valence-electron chi connectivity index (χ4n) is 0.823. The van der Waals surface area contributed by atoms with Crippen LogP contribution in [-0.4, -0.2) is 68.9 Å². The summed E-state index contributed by atoms with van der Waals surface area (Å²) in [5.74, 6) is 0.572. The second kappa shape index (κ2) is 14.1. The van der Waals surface area contributed by atoms with Gasteiger partial charge in [-0.05, 0) is 5.92 Å². The molecule has 0 spiro atoms. The van der Waals surface area contributed by atoms with E-state index in [4.69, 9.17) is 36.8 Å². The Hall–Kier alpha value is -0.290. The summed E-state index contributed by atoms with van der Waals surface area (Å²) in [4.78, 5) is 0. The number of hydrogen-bond donors (Lipinski definition) is 3. The lowest BCUT2D eigenvalue weighted by Crippen LogP contribution is -2.12. The van der Waals surface area contributed by atoms with E-state index in [1.807, 2.05) is 0 Å². The Morgan fingerprint density at radius 3 is 1.63 bits per heavy atom. The van der Waals surface area contributed by atoms with E-state index in [1.54, 1.807) is 0 Å². The third-order valence-electron chi connectivity index (χ3n) is 1.43. The number of aliphatic hydroxyl groups is 1. The van der Waals surface area contributed by atoms with Crippen molar-refractivity contribution in [3.63, 3.8) is 0 Å². The Morgan fingerprint density at radius 2 is 1.26 bits per heavy atom. The van der Waals surface area contributed by atoms with Gasteiger partial charge in [-0.3, -0.25) is 9.11 Å². The molecule has 0 saturated carbocycles. The normalized spacial score (nSPS) is 11.3. The highest BCUT2D eigenvalue weighted by atomic mass is 32.3. The minimum absolute atomic E-state index is 0.0670. The van der Waals surface area contributed by atoms with Crippen LogP contribution in [0.25, 0.3) is 0 Å². The summed E-state index contributed by atoms with van der Waals surface area (Å²) in [5, 5.41) is 8.41. The van der Waals surface area contributed by atoms with Gasteiger partial charge in [-0.25, -0.2) is 0 Å². The summed E-state index contributed by atoms with van der Waals surface area (Å²) in [6, 6.07) is 0. The van der Waals surface area contributed by atoms with E-state index in [0.29, 0.717) is 39.0 Å². The van der Waals surface area contributed by atoms with Gasteiger partial charge < -0.3 is 19.3 Å². The molecule has 3 N–H and O–H groups in total. The van der Waals surface area contributed by atoms with Crippen molar-refractivity contribution >= 4 is 10.4 Å². The molecule has 0 saturated heterocycles. The predicted octanol–water partition coefficient (Wildman–Crippen LogP) is 0.0317. The molecule has 8 nitrogen and oxygen atoms in total. The largest absolute Gasteiger partial charge is 0.394 e. The molecule has 0 aromatic heterocycles. The Bertz CT molecular complexity index is 257. The zero-order valence-corrected chi connectivity index (χ0v) is 12.1. The van der Waals surface area contributed by atoms with Crippen LogP contribution >= 0.6 is 0 Å². The highest BCUT2D eigenvalue weighted by molar-refractivity contribution is 7.79. The van der Waals surface area contributed by atoms with E-state index in [2.05, 4.69) is 13.8 Å². The van der Waals surface area contributed by atoms with E-state index in [0.717, 1.165) is 6.61 Å². The lowest BCUT2D eigenvalue weighted by atomic mass is 10.2. The third-order valence-corrected chi connectivity index (χ3v) is 1.43. The fourth-order valence-corrected chi connectivity index (χ4v) is 0.823. The first-order valence-corrected chi connectivity index (χ1v) is 7.21. The standard InChI is InChI=1S/C10H22O4.H2O4S/c1-10(2)9-14-8-7-13-6-5-12-4-3-11;1-5(2,3)4/h10-11H,3-9H2,1-2H3;(H2,1,2,3,4). The van der Waals surface area contributed by atoms with E-state index >= 15 is 0 Å². The Kier molecular flexibility index (Phi) is 15.6. The van der Waals surface area contributed by atoms with E-state index in [1.165, 1.54) is 0 Å². The van der Waals surface area contributed by atoms with E-state index < -0.39 is 10.4 Å². The molecule has 0 bridgehead atoms. The summed E-state index contributed by atoms with van der Waals surface area (Å²) in [6.07, 6.45) is 0. The minimum atomic E-state index is -4.67. The first-order valence-electron chi connectivity index (χ1n) is 5.81. The molecule has 0 atom stereocenters. The molecule has 0 aromatic carbocycles. The summed E-state index contributed by atoms with van der Waals surface area (Å²) in [6.45, 7) is 7.80. The van der Waals surface area contributed by atoms with Gasteiger partial charge in [0.15, 0.2) is 0 Å². The van der Waals surface area contributed by atoms with Gasteiger partial charge in [-0.15, -0.1) is 0 Å². The average molecular weight is 304 g/mol. The second-order valence-corrected chi connectivity index (χ2v) is 4.76. The number of hydrogen-bond acceptors (Lipinski definition) is 6. The molecule has 0 aliphatic carbocycles. The fraction of sp³-hybridized carbons (Fsp3) is 1.00. The van der Waals surface area contributed by atoms with Gasteiger partial charge in [0.1, 0.15) is 0 Å². The van der Waals surface area contributed by atoms with Crippen LogP contribution in [-0.2, 0) is 24.6 Å². The molecule has 0 fully saturated rings. The lowest BCUT2D eigenvalue weighted by Gasteiger charge is -2.07. The quantitative estimate of drug-likeness (QED) is 0.382. The molecule has 0 aliphatic rings. The van der Waals surface area contributed by atoms with Gasteiger partial charge in [0.25, 0.3) is 0 Å². The summed E-state index contributed by atoms with van der Waals surface area (Å²) in [5.41, 5.74) is 0. The van der Waals surface area contributed by atoms with Crippen molar-refractivity contribution < 1.29 is 36.8 Å². The number of aliphatic hydroxyl groups excluding tert-OH is 1. The Labute approximate surface area is 114 Å². The van der Waals surface area contributed by atoms with Crippen molar-refractivity contribution in [2.75, 3.05) is 46.2 Å². The van der Waals surface area contributed by atoms with Crippen LogP contribution in [0.1, 0.15) is 13.8 Å². The monoisotopic (exact) mass is 304 g/mol. The molecule has 0 heterocycles. The van der Waals surface area contributed by atoms with Gasteiger partial charge in [0, 0.05) is 6.61 Å².